The summed E-state index contributed by atoms with van der Waals surface area (Å²) in [4.78, 5) is 23.5. The van der Waals surface area contributed by atoms with Gasteiger partial charge in [0.05, 0.1) is 6.61 Å². The normalized spacial score (nSPS) is 21.2. The van der Waals surface area contributed by atoms with Crippen molar-refractivity contribution < 1.29 is 28.6 Å². The molecule has 1 amide bonds. The molecule has 6 nitrogen and oxygen atoms in total. The van der Waals surface area contributed by atoms with Gasteiger partial charge in [0, 0.05) is 5.56 Å². The van der Waals surface area contributed by atoms with E-state index in [-0.39, 0.29) is 12.2 Å². The minimum Gasteiger partial charge on any atom is -0.501 e. The Morgan fingerprint density at radius 3 is 2.76 bits per heavy atom. The number of amides is 1. The second kappa shape index (κ2) is 5.43. The van der Waals surface area contributed by atoms with Gasteiger partial charge < -0.3 is 14.6 Å². The monoisotopic (exact) mass is 295 g/mol. The molecule has 0 bridgehead atoms. The van der Waals surface area contributed by atoms with E-state index in [1.165, 1.54) is 31.2 Å². The Morgan fingerprint density at radius 2 is 2.14 bits per heavy atom. The maximum atomic E-state index is 13.9. The number of nitrogens with one attached hydrogen (secondary N) is 1. The molecule has 1 heterocycles. The van der Waals surface area contributed by atoms with Gasteiger partial charge in [-0.1, -0.05) is 18.2 Å². The molecule has 0 radical (unpaired) electrons. The number of aliphatic hydroxyl groups excluding tert-OH is 1. The Hall–Kier alpha value is -2.57. The van der Waals surface area contributed by atoms with Gasteiger partial charge in [0.1, 0.15) is 5.82 Å². The summed E-state index contributed by atoms with van der Waals surface area (Å²) in [7, 11) is 0. The van der Waals surface area contributed by atoms with E-state index in [4.69, 9.17) is 4.74 Å². The summed E-state index contributed by atoms with van der Waals surface area (Å²) in [5.41, 5.74) is -1.79. The Kier molecular flexibility index (Phi) is 3.84. The number of benzene rings is 1. The van der Waals surface area contributed by atoms with Crippen LogP contribution in [0.3, 0.4) is 0 Å². The fourth-order valence-electron chi connectivity index (χ4n) is 2.00. The van der Waals surface area contributed by atoms with Crippen molar-refractivity contribution in [3.8, 4) is 0 Å². The van der Waals surface area contributed by atoms with E-state index < -0.39 is 34.9 Å². The first-order valence-corrected chi connectivity index (χ1v) is 6.26. The van der Waals surface area contributed by atoms with Crippen LogP contribution in [0.15, 0.2) is 35.9 Å². The smallest absolute Gasteiger partial charge is 0.414 e. The van der Waals surface area contributed by atoms with Crippen molar-refractivity contribution in [3.05, 3.63) is 47.3 Å². The molecular weight excluding hydrogens is 281 g/mol. The minimum absolute atomic E-state index is 0.0396. The first-order valence-electron chi connectivity index (χ1n) is 6.26. The van der Waals surface area contributed by atoms with Crippen LogP contribution in [0, 0.1) is 5.82 Å². The van der Waals surface area contributed by atoms with Gasteiger partial charge in [-0.25, -0.2) is 9.18 Å². The van der Waals surface area contributed by atoms with Gasteiger partial charge in [-0.3, -0.25) is 10.1 Å². The molecule has 2 rings (SSSR count). The molecule has 1 unspecified atom stereocenters. The maximum absolute atomic E-state index is 13.9. The molecule has 2 N–H and O–H groups in total. The molecule has 0 saturated heterocycles. The summed E-state index contributed by atoms with van der Waals surface area (Å²) in [5.74, 6) is -2.74. The number of hydrogen-bond acceptors (Lipinski definition) is 5. The fraction of sp³-hybridized carbons (Fsp3) is 0.286. The predicted molar refractivity (Wildman–Crippen MR) is 69.7 cm³/mol. The molecule has 1 aromatic carbocycles. The largest absolute Gasteiger partial charge is 0.501 e. The van der Waals surface area contributed by atoms with Crippen molar-refractivity contribution >= 4 is 11.9 Å². The number of halogens is 1. The third kappa shape index (κ3) is 2.54. The summed E-state index contributed by atoms with van der Waals surface area (Å²) in [6, 6.07) is 5.54. The number of hydrogen-bond donors (Lipinski definition) is 2. The lowest BCUT2D eigenvalue weighted by Gasteiger charge is -2.23. The van der Waals surface area contributed by atoms with E-state index in [1.807, 2.05) is 0 Å². The highest BCUT2D eigenvalue weighted by molar-refractivity contribution is 6.03. The summed E-state index contributed by atoms with van der Waals surface area (Å²) >= 11 is 0. The number of carbonyl (C=O) groups is 2. The highest BCUT2D eigenvalue weighted by atomic mass is 19.1. The van der Waals surface area contributed by atoms with Crippen molar-refractivity contribution in [2.24, 2.45) is 0 Å². The quantitative estimate of drug-likeness (QED) is 0.892. The molecule has 7 heteroatoms. The van der Waals surface area contributed by atoms with E-state index in [9.17, 15) is 19.1 Å². The fourth-order valence-corrected chi connectivity index (χ4v) is 2.00. The number of rotatable bonds is 3. The second-order valence-electron chi connectivity index (χ2n) is 4.47. The molecule has 0 fully saturated rings. The van der Waals surface area contributed by atoms with Crippen LogP contribution >= 0.6 is 0 Å². The topological polar surface area (TPSA) is 84.9 Å². The van der Waals surface area contributed by atoms with Crippen LogP contribution in [0.4, 0.5) is 9.18 Å². The summed E-state index contributed by atoms with van der Waals surface area (Å²) in [5, 5.41) is 11.9. The highest BCUT2D eigenvalue weighted by Gasteiger charge is 2.49. The van der Waals surface area contributed by atoms with Crippen LogP contribution in [0.2, 0.25) is 0 Å². The van der Waals surface area contributed by atoms with Gasteiger partial charge in [-0.2, -0.15) is 0 Å². The van der Waals surface area contributed by atoms with Crippen molar-refractivity contribution in [1.29, 1.82) is 0 Å². The lowest BCUT2D eigenvalue weighted by molar-refractivity contribution is -0.132. The van der Waals surface area contributed by atoms with Crippen molar-refractivity contribution in [3.63, 3.8) is 0 Å². The lowest BCUT2D eigenvalue weighted by Crippen LogP contribution is -2.33. The number of Topliss-reactive ketones (excluding diaryl/α,β-unsaturated/α-hetero) is 1. The van der Waals surface area contributed by atoms with E-state index >= 15 is 0 Å². The zero-order chi connectivity index (χ0) is 15.6. The van der Waals surface area contributed by atoms with Gasteiger partial charge in [-0.15, -0.1) is 0 Å². The van der Waals surface area contributed by atoms with Crippen molar-refractivity contribution in [1.82, 2.24) is 5.32 Å². The second-order valence-corrected chi connectivity index (χ2v) is 4.47. The molecule has 1 aliphatic rings. The van der Waals surface area contributed by atoms with E-state index in [2.05, 4.69) is 10.1 Å². The lowest BCUT2D eigenvalue weighted by atomic mass is 9.91. The van der Waals surface area contributed by atoms with Gasteiger partial charge in [-0.05, 0) is 19.9 Å². The SMILES string of the molecule is CCOC(=O)NC1=C(O)C(=O)C(C)(c2ccccc2F)O1. The van der Waals surface area contributed by atoms with Crippen LogP contribution in [0.5, 0.6) is 0 Å². The Bertz CT molecular complexity index is 628. The average molecular weight is 295 g/mol. The van der Waals surface area contributed by atoms with Crippen LogP contribution in [-0.2, 0) is 19.9 Å². The van der Waals surface area contributed by atoms with Crippen molar-refractivity contribution in [2.75, 3.05) is 6.61 Å². The summed E-state index contributed by atoms with van der Waals surface area (Å²) in [6.07, 6.45) is -0.885. The molecule has 0 aromatic heterocycles. The first kappa shape index (κ1) is 14.8. The van der Waals surface area contributed by atoms with Gasteiger partial charge in [0.25, 0.3) is 5.78 Å². The van der Waals surface area contributed by atoms with Crippen LogP contribution in [-0.4, -0.2) is 23.6 Å². The Labute approximate surface area is 120 Å². The molecule has 1 aromatic rings. The average Bonchev–Trinajstić information content (AvgIpc) is 2.65. The van der Waals surface area contributed by atoms with Gasteiger partial charge in [0.15, 0.2) is 0 Å². The zero-order valence-electron chi connectivity index (χ0n) is 11.5. The standard InChI is InChI=1S/C14H14FNO5/c1-3-20-13(19)16-12-10(17)11(18)14(2,21-12)8-6-4-5-7-9(8)15/h4-7,17H,3H2,1-2H3,(H,16,19). The van der Waals surface area contributed by atoms with Gasteiger partial charge in [0.2, 0.25) is 17.2 Å². The summed E-state index contributed by atoms with van der Waals surface area (Å²) < 4.78 is 23.8. The molecule has 1 aliphatic heterocycles. The third-order valence-electron chi connectivity index (χ3n) is 3.05. The van der Waals surface area contributed by atoms with Crippen LogP contribution < -0.4 is 5.32 Å². The van der Waals surface area contributed by atoms with Crippen LogP contribution in [0.1, 0.15) is 19.4 Å². The maximum Gasteiger partial charge on any atom is 0.414 e. The predicted octanol–water partition coefficient (Wildman–Crippen LogP) is 2.11. The van der Waals surface area contributed by atoms with E-state index in [1.54, 1.807) is 6.92 Å². The first-order chi connectivity index (χ1) is 9.90. The molecule has 21 heavy (non-hydrogen) atoms. The van der Waals surface area contributed by atoms with E-state index in [0.29, 0.717) is 0 Å². The number of ketones is 1. The number of carbonyl (C=O) groups excluding carboxylic acids is 2. The molecule has 112 valence electrons. The Morgan fingerprint density at radius 1 is 1.48 bits per heavy atom. The Balaban J connectivity index is 2.30. The van der Waals surface area contributed by atoms with E-state index in [0.717, 1.165) is 0 Å². The number of aliphatic hydroxyl groups is 1. The molecule has 1 atom stereocenters. The third-order valence-corrected chi connectivity index (χ3v) is 3.05. The van der Waals surface area contributed by atoms with Gasteiger partial charge >= 0.3 is 6.09 Å². The zero-order valence-corrected chi connectivity index (χ0v) is 11.5. The number of ether oxygens (including phenoxy) is 2. The van der Waals surface area contributed by atoms with Crippen molar-refractivity contribution in [2.45, 2.75) is 19.4 Å². The number of alkyl carbamates (subject to hydrolysis) is 1. The minimum atomic E-state index is -1.75. The molecule has 0 aliphatic carbocycles. The molecule has 0 spiro atoms. The molecular formula is C14H14FNO5. The highest BCUT2D eigenvalue weighted by Crippen LogP contribution is 2.37. The molecule has 0 saturated carbocycles. The van der Waals surface area contributed by atoms with Crippen LogP contribution in [0.25, 0.3) is 0 Å². The summed E-state index contributed by atoms with van der Waals surface area (Å²) in [6.45, 7) is 3.01.